The van der Waals surface area contributed by atoms with Crippen molar-refractivity contribution in [1.29, 1.82) is 0 Å². The molecule has 0 aliphatic rings. The molecule has 13 aromatic rings. The number of hydrogen-bond donors (Lipinski definition) is 0. The molecule has 10 aromatic carbocycles. The van der Waals surface area contributed by atoms with Crippen molar-refractivity contribution in [2.24, 2.45) is 0 Å². The average molecular weight is 868 g/mol. The van der Waals surface area contributed by atoms with E-state index in [2.05, 4.69) is 234 Å². The summed E-state index contributed by atoms with van der Waals surface area (Å²) in [6.45, 7) is 0. The van der Waals surface area contributed by atoms with Gasteiger partial charge in [-0.1, -0.05) is 200 Å². The molecule has 0 aliphatic heterocycles. The number of para-hydroxylation sites is 3. The number of hydrogen-bond acceptors (Lipinski definition) is 3. The molecule has 0 N–H and O–H groups in total. The maximum atomic E-state index is 5.32. The third-order valence-electron chi connectivity index (χ3n) is 13.2. The van der Waals surface area contributed by atoms with Gasteiger partial charge >= 0.3 is 0 Å². The molecule has 0 bridgehead atoms. The van der Waals surface area contributed by atoms with Gasteiger partial charge in [0.1, 0.15) is 0 Å². The summed E-state index contributed by atoms with van der Waals surface area (Å²) < 4.78 is 4.81. The van der Waals surface area contributed by atoms with E-state index in [-0.39, 0.29) is 0 Å². The van der Waals surface area contributed by atoms with Crippen molar-refractivity contribution in [3.8, 4) is 78.9 Å². The Morgan fingerprint density at radius 3 is 1.34 bits per heavy atom. The second-order valence-corrected chi connectivity index (χ2v) is 17.2. The summed E-state index contributed by atoms with van der Waals surface area (Å²) in [7, 11) is 0. The molecule has 0 unspecified atom stereocenters. The Morgan fingerprint density at radius 1 is 0.250 bits per heavy atom. The van der Waals surface area contributed by atoms with E-state index in [0.717, 1.165) is 66.7 Å². The van der Waals surface area contributed by atoms with Crippen molar-refractivity contribution in [3.05, 3.63) is 249 Å². The molecule has 0 aliphatic carbocycles. The molecule has 68 heavy (non-hydrogen) atoms. The Morgan fingerprint density at radius 2 is 0.676 bits per heavy atom. The molecule has 0 saturated heterocycles. The summed E-state index contributed by atoms with van der Waals surface area (Å²) in [5.74, 6) is 1.83. The van der Waals surface area contributed by atoms with Crippen molar-refractivity contribution in [2.75, 3.05) is 0 Å². The quantitative estimate of drug-likeness (QED) is 0.153. The monoisotopic (exact) mass is 867 g/mol. The predicted molar refractivity (Wildman–Crippen MR) is 281 cm³/mol. The van der Waals surface area contributed by atoms with Gasteiger partial charge in [-0.2, -0.15) is 0 Å². The topological polar surface area (TPSA) is 48.5 Å². The minimum atomic E-state index is 0.598. The van der Waals surface area contributed by atoms with Crippen LogP contribution in [0.4, 0.5) is 0 Å². The van der Waals surface area contributed by atoms with Crippen LogP contribution in [0.5, 0.6) is 0 Å². The van der Waals surface area contributed by atoms with Crippen LogP contribution in [-0.4, -0.2) is 24.1 Å². The van der Waals surface area contributed by atoms with E-state index in [1.165, 1.54) is 38.3 Å². The summed E-state index contributed by atoms with van der Waals surface area (Å²) in [5.41, 5.74) is 16.3. The predicted octanol–water partition coefficient (Wildman–Crippen LogP) is 16.1. The molecular weight excluding hydrogens is 827 g/mol. The van der Waals surface area contributed by atoms with Gasteiger partial charge in [-0.15, -0.1) is 0 Å². The number of nitrogens with zero attached hydrogens (tertiary/aromatic N) is 5. The first-order valence-corrected chi connectivity index (χ1v) is 23.0. The minimum Gasteiger partial charge on any atom is -0.309 e. The van der Waals surface area contributed by atoms with E-state index in [1.54, 1.807) is 0 Å². The fourth-order valence-corrected chi connectivity index (χ4v) is 10.1. The van der Waals surface area contributed by atoms with Crippen molar-refractivity contribution in [2.45, 2.75) is 0 Å². The molecule has 0 radical (unpaired) electrons. The van der Waals surface area contributed by atoms with Gasteiger partial charge in [-0.3, -0.25) is 0 Å². The van der Waals surface area contributed by atoms with E-state index >= 15 is 0 Å². The van der Waals surface area contributed by atoms with E-state index in [0.29, 0.717) is 17.5 Å². The maximum Gasteiger partial charge on any atom is 0.166 e. The summed E-state index contributed by atoms with van der Waals surface area (Å²) in [4.78, 5) is 15.7. The summed E-state index contributed by atoms with van der Waals surface area (Å²) in [6.07, 6.45) is 0. The van der Waals surface area contributed by atoms with Gasteiger partial charge in [0.2, 0.25) is 0 Å². The molecule has 3 heterocycles. The molecule has 0 spiro atoms. The second kappa shape index (κ2) is 16.4. The van der Waals surface area contributed by atoms with Gasteiger partial charge < -0.3 is 9.13 Å². The van der Waals surface area contributed by atoms with Crippen molar-refractivity contribution < 1.29 is 0 Å². The van der Waals surface area contributed by atoms with Crippen LogP contribution in [-0.2, 0) is 0 Å². The fraction of sp³-hybridized carbons (Fsp3) is 0. The van der Waals surface area contributed by atoms with Crippen LogP contribution in [0.2, 0.25) is 0 Å². The summed E-state index contributed by atoms with van der Waals surface area (Å²) in [5, 5.41) is 4.79. The van der Waals surface area contributed by atoms with E-state index in [4.69, 9.17) is 15.0 Å². The molecule has 0 amide bonds. The Kier molecular flexibility index (Phi) is 9.43. The van der Waals surface area contributed by atoms with Crippen molar-refractivity contribution in [3.63, 3.8) is 0 Å². The Balaban J connectivity index is 1.06. The highest BCUT2D eigenvalue weighted by molar-refractivity contribution is 6.22. The van der Waals surface area contributed by atoms with Gasteiger partial charge in [-0.25, -0.2) is 15.0 Å². The zero-order valence-electron chi connectivity index (χ0n) is 36.9. The van der Waals surface area contributed by atoms with Crippen LogP contribution in [0.3, 0.4) is 0 Å². The number of aromatic nitrogens is 5. The zero-order valence-corrected chi connectivity index (χ0v) is 36.9. The van der Waals surface area contributed by atoms with Gasteiger partial charge in [-0.05, 0) is 81.9 Å². The Labute approximate surface area is 393 Å². The highest BCUT2D eigenvalue weighted by atomic mass is 15.1. The number of rotatable bonds is 8. The van der Waals surface area contributed by atoms with Crippen molar-refractivity contribution in [1.82, 2.24) is 24.1 Å². The fourth-order valence-electron chi connectivity index (χ4n) is 10.1. The first-order valence-electron chi connectivity index (χ1n) is 23.0. The number of benzene rings is 10. The normalized spacial score (nSPS) is 11.5. The van der Waals surface area contributed by atoms with E-state index in [1.807, 2.05) is 24.3 Å². The lowest BCUT2D eigenvalue weighted by atomic mass is 9.95. The van der Waals surface area contributed by atoms with Crippen LogP contribution < -0.4 is 0 Å². The summed E-state index contributed by atoms with van der Waals surface area (Å²) >= 11 is 0. The molecule has 3 aromatic heterocycles. The first kappa shape index (κ1) is 39.2. The molecule has 5 nitrogen and oxygen atoms in total. The van der Waals surface area contributed by atoms with Crippen LogP contribution in [0, 0.1) is 0 Å². The van der Waals surface area contributed by atoms with Gasteiger partial charge in [0.05, 0.1) is 27.8 Å². The second-order valence-electron chi connectivity index (χ2n) is 17.2. The highest BCUT2D eigenvalue weighted by Crippen LogP contribution is 2.45. The SMILES string of the molecule is c1ccc(-c2ccc(-c3nc(-c4ccccc4)nc(-c4ccccc4-n4c5cc(-c6ccccc6)ccc5c5c(-c6cccc7c6c6ccccc6n7-c6ccccc6)cccc54)n3)cc2)cc1. The third kappa shape index (κ3) is 6.59. The summed E-state index contributed by atoms with van der Waals surface area (Å²) in [6, 6.07) is 88.2. The van der Waals surface area contributed by atoms with E-state index < -0.39 is 0 Å². The first-order chi connectivity index (χ1) is 33.7. The Bertz CT molecular complexity index is 3990. The smallest absolute Gasteiger partial charge is 0.166 e. The lowest BCUT2D eigenvalue weighted by molar-refractivity contribution is 1.06. The van der Waals surface area contributed by atoms with Crippen LogP contribution in [0.1, 0.15) is 0 Å². The minimum absolute atomic E-state index is 0.598. The molecule has 5 heteroatoms. The Hall–Kier alpha value is -9.19. The molecule has 0 saturated carbocycles. The largest absolute Gasteiger partial charge is 0.309 e. The van der Waals surface area contributed by atoms with Gasteiger partial charge in [0.15, 0.2) is 17.5 Å². The molecule has 0 atom stereocenters. The van der Waals surface area contributed by atoms with Gasteiger partial charge in [0, 0.05) is 43.9 Å². The highest BCUT2D eigenvalue weighted by Gasteiger charge is 2.23. The zero-order chi connectivity index (χ0) is 45.0. The third-order valence-corrected chi connectivity index (χ3v) is 13.2. The standard InChI is InChI=1S/C63H41N5/c1-5-19-42(20-6-1)44-35-37-46(38-36-44)62-64-61(45-23-9-3-10-24-45)65-63(66-62)53-28-14-16-32-55(53)68-57-34-18-30-50(60(57)52-40-39-47(41-58(52)68)43-21-7-2-8-22-43)49-29-17-33-56-59(49)51-27-13-15-31-54(51)67(56)48-25-11-4-12-26-48/h1-41H. The number of fused-ring (bicyclic) bond motifs is 6. The van der Waals surface area contributed by atoms with Crippen LogP contribution in [0.25, 0.3) is 123 Å². The van der Waals surface area contributed by atoms with Crippen molar-refractivity contribution >= 4 is 43.6 Å². The lowest BCUT2D eigenvalue weighted by Crippen LogP contribution is -2.03. The molecular formula is C63H41N5. The molecule has 0 fully saturated rings. The molecule has 318 valence electrons. The average Bonchev–Trinajstić information content (AvgIpc) is 3.95. The maximum absolute atomic E-state index is 5.32. The molecule has 13 rings (SSSR count). The lowest BCUT2D eigenvalue weighted by Gasteiger charge is -2.15. The van der Waals surface area contributed by atoms with Gasteiger partial charge in [0.25, 0.3) is 0 Å². The van der Waals surface area contributed by atoms with Crippen LogP contribution >= 0.6 is 0 Å². The van der Waals surface area contributed by atoms with E-state index in [9.17, 15) is 0 Å². The van der Waals surface area contributed by atoms with Crippen LogP contribution in [0.15, 0.2) is 249 Å².